The predicted molar refractivity (Wildman–Crippen MR) is 170 cm³/mol. The highest BCUT2D eigenvalue weighted by atomic mass is 17.1. The summed E-state index contributed by atoms with van der Waals surface area (Å²) in [6.07, 6.45) is 4.98. The molecule has 3 N–H and O–H groups in total. The van der Waals surface area contributed by atoms with Crippen LogP contribution >= 0.6 is 0 Å². The summed E-state index contributed by atoms with van der Waals surface area (Å²) in [5.74, 6) is -7.62. The van der Waals surface area contributed by atoms with Crippen LogP contribution in [0.2, 0.25) is 0 Å². The van der Waals surface area contributed by atoms with Crippen LogP contribution in [0.1, 0.15) is 104 Å². The number of esters is 1. The maximum Gasteiger partial charge on any atom is 0.317 e. The molecule has 7 unspecified atom stereocenters. The van der Waals surface area contributed by atoms with Gasteiger partial charge in [-0.15, -0.1) is 0 Å². The highest BCUT2D eigenvalue weighted by Crippen LogP contribution is 2.42. The van der Waals surface area contributed by atoms with E-state index in [0.29, 0.717) is 83.8 Å². The van der Waals surface area contributed by atoms with Gasteiger partial charge in [-0.1, -0.05) is 13.8 Å². The standard InChI is InChI=1S/C33H52N2O14/c1-33(2,17-46-20-11-9-19(10-12-20)29(49-45)27-23(30(36)37)5-3-7-25(27)34(41)42)18-47-21-13-15-22(16-14-21)48-32(40)28-24(31(38)39)6-4-8-26(28)35(43)44/h19-29,45H,3-18H2,1-2H3,(H,36,37)(H,38,39). The van der Waals surface area contributed by atoms with Crippen LogP contribution in [-0.4, -0.2) is 92.9 Å². The second-order valence-electron chi connectivity index (χ2n) is 15.3. The third-order valence-electron chi connectivity index (χ3n) is 11.2. The normalized spacial score (nSPS) is 34.8. The van der Waals surface area contributed by atoms with E-state index < -0.39 is 75.7 Å². The Hall–Kier alpha value is -2.95. The Morgan fingerprint density at radius 3 is 1.67 bits per heavy atom. The fourth-order valence-electron chi connectivity index (χ4n) is 8.53. The molecule has 0 aromatic carbocycles. The first kappa shape index (κ1) is 38.8. The lowest BCUT2D eigenvalue weighted by Crippen LogP contribution is -2.51. The molecule has 278 valence electrons. The summed E-state index contributed by atoms with van der Waals surface area (Å²) >= 11 is 0. The van der Waals surface area contributed by atoms with Crippen LogP contribution in [0.4, 0.5) is 0 Å². The lowest BCUT2D eigenvalue weighted by molar-refractivity contribution is -0.544. The Balaban J connectivity index is 1.19. The highest BCUT2D eigenvalue weighted by molar-refractivity contribution is 5.82. The Morgan fingerprint density at radius 2 is 1.18 bits per heavy atom. The Labute approximate surface area is 285 Å². The molecule has 4 fully saturated rings. The molecule has 0 amide bonds. The van der Waals surface area contributed by atoms with Crippen LogP contribution in [0.5, 0.6) is 0 Å². The molecule has 16 heteroatoms. The summed E-state index contributed by atoms with van der Waals surface area (Å²) in [6, 6.07) is -2.34. The van der Waals surface area contributed by atoms with Gasteiger partial charge in [-0.05, 0) is 83.0 Å². The smallest absolute Gasteiger partial charge is 0.317 e. The number of hydrogen-bond donors (Lipinski definition) is 3. The number of carbonyl (C=O) groups excluding carboxylic acids is 1. The number of nitrogens with zero attached hydrogens (tertiary/aromatic N) is 2. The molecule has 16 nitrogen and oxygen atoms in total. The molecular formula is C33H52N2O14. The lowest BCUT2D eigenvalue weighted by atomic mass is 9.68. The molecule has 4 rings (SSSR count). The molecule has 0 bridgehead atoms. The number of carboxylic acid groups (broad SMARTS) is 2. The monoisotopic (exact) mass is 700 g/mol. The third-order valence-corrected chi connectivity index (χ3v) is 11.2. The second kappa shape index (κ2) is 17.3. The molecule has 7 atom stereocenters. The van der Waals surface area contributed by atoms with E-state index in [1.807, 2.05) is 13.8 Å². The number of rotatable bonds is 15. The van der Waals surface area contributed by atoms with Crippen molar-refractivity contribution in [2.75, 3.05) is 13.2 Å². The lowest BCUT2D eigenvalue weighted by Gasteiger charge is -2.40. The van der Waals surface area contributed by atoms with E-state index in [9.17, 15) is 50.1 Å². The Bertz CT molecular complexity index is 1120. The van der Waals surface area contributed by atoms with Crippen molar-refractivity contribution in [1.29, 1.82) is 0 Å². The topological polar surface area (TPSA) is 235 Å². The highest BCUT2D eigenvalue weighted by Gasteiger charge is 2.52. The molecule has 0 radical (unpaired) electrons. The molecule has 0 spiro atoms. The van der Waals surface area contributed by atoms with E-state index in [2.05, 4.69) is 0 Å². The zero-order valence-electron chi connectivity index (χ0n) is 28.4. The molecule has 0 aromatic heterocycles. The van der Waals surface area contributed by atoms with Crippen LogP contribution < -0.4 is 0 Å². The molecule has 4 saturated carbocycles. The maximum atomic E-state index is 13.0. The van der Waals surface area contributed by atoms with E-state index in [-0.39, 0.29) is 42.8 Å². The van der Waals surface area contributed by atoms with Gasteiger partial charge in [-0.2, -0.15) is 0 Å². The van der Waals surface area contributed by atoms with E-state index in [4.69, 9.17) is 19.1 Å². The van der Waals surface area contributed by atoms with Gasteiger partial charge in [-0.25, -0.2) is 4.89 Å². The van der Waals surface area contributed by atoms with Crippen LogP contribution in [-0.2, 0) is 33.5 Å². The largest absolute Gasteiger partial charge is 0.481 e. The van der Waals surface area contributed by atoms with Gasteiger partial charge in [0.15, 0.2) is 0 Å². The molecule has 4 aliphatic carbocycles. The summed E-state index contributed by atoms with van der Waals surface area (Å²) in [7, 11) is 0. The van der Waals surface area contributed by atoms with Gasteiger partial charge in [0.2, 0.25) is 12.1 Å². The van der Waals surface area contributed by atoms with E-state index in [1.165, 1.54) is 0 Å². The number of ether oxygens (including phenoxy) is 3. The van der Waals surface area contributed by atoms with Crippen molar-refractivity contribution in [3.63, 3.8) is 0 Å². The average molecular weight is 701 g/mol. The van der Waals surface area contributed by atoms with Crippen LogP contribution in [0.3, 0.4) is 0 Å². The number of nitro groups is 2. The maximum absolute atomic E-state index is 13.0. The molecule has 0 aromatic rings. The van der Waals surface area contributed by atoms with E-state index >= 15 is 0 Å². The first-order chi connectivity index (χ1) is 23.2. The van der Waals surface area contributed by atoms with Gasteiger partial charge in [-0.3, -0.25) is 39.9 Å². The van der Waals surface area contributed by atoms with Crippen molar-refractivity contribution >= 4 is 17.9 Å². The quantitative estimate of drug-likeness (QED) is 0.0916. The first-order valence-electron chi connectivity index (χ1n) is 17.7. The minimum atomic E-state index is -1.29. The zero-order valence-corrected chi connectivity index (χ0v) is 28.4. The molecule has 4 aliphatic rings. The summed E-state index contributed by atoms with van der Waals surface area (Å²) in [5.41, 5.74) is -0.322. The van der Waals surface area contributed by atoms with Crippen LogP contribution in [0.25, 0.3) is 0 Å². The molecule has 0 saturated heterocycles. The summed E-state index contributed by atoms with van der Waals surface area (Å²) in [4.78, 5) is 63.8. The predicted octanol–water partition coefficient (Wildman–Crippen LogP) is 4.61. The first-order valence-corrected chi connectivity index (χ1v) is 17.7. The Morgan fingerprint density at radius 1 is 0.714 bits per heavy atom. The van der Waals surface area contributed by atoms with Crippen molar-refractivity contribution in [3.8, 4) is 0 Å². The van der Waals surface area contributed by atoms with Crippen molar-refractivity contribution in [2.45, 2.75) is 140 Å². The summed E-state index contributed by atoms with van der Waals surface area (Å²) in [5, 5.41) is 52.5. The second-order valence-corrected chi connectivity index (χ2v) is 15.3. The molecule has 0 aliphatic heterocycles. The number of hydrogen-bond acceptors (Lipinski definition) is 12. The SMILES string of the molecule is CC(C)(COC1CCC(OC(=O)C2C(C(=O)O)CCCC2[N+](=O)[O-])CC1)COC1CCC(C(OO)C2C(C(=O)O)CCCC2[N+](=O)[O-])CC1. The third kappa shape index (κ3) is 10.1. The minimum Gasteiger partial charge on any atom is -0.481 e. The van der Waals surface area contributed by atoms with Crippen LogP contribution in [0.15, 0.2) is 0 Å². The van der Waals surface area contributed by atoms with E-state index in [0.717, 1.165) is 0 Å². The van der Waals surface area contributed by atoms with Crippen molar-refractivity contribution in [2.24, 2.45) is 35.0 Å². The van der Waals surface area contributed by atoms with Gasteiger partial charge in [0.05, 0.1) is 43.2 Å². The van der Waals surface area contributed by atoms with Crippen molar-refractivity contribution in [1.82, 2.24) is 0 Å². The molecule has 0 heterocycles. The van der Waals surface area contributed by atoms with Gasteiger partial charge >= 0.3 is 17.9 Å². The zero-order chi connectivity index (χ0) is 35.9. The van der Waals surface area contributed by atoms with E-state index in [1.54, 1.807) is 0 Å². The molecular weight excluding hydrogens is 648 g/mol. The minimum absolute atomic E-state index is 0.0623. The van der Waals surface area contributed by atoms with Crippen molar-refractivity contribution < 1.29 is 58.8 Å². The number of aliphatic carboxylic acids is 2. The van der Waals surface area contributed by atoms with Gasteiger partial charge in [0.1, 0.15) is 18.1 Å². The van der Waals surface area contributed by atoms with Gasteiger partial charge in [0, 0.05) is 28.1 Å². The number of carbonyl (C=O) groups is 3. The Kier molecular flexibility index (Phi) is 13.7. The summed E-state index contributed by atoms with van der Waals surface area (Å²) in [6.45, 7) is 4.91. The average Bonchev–Trinajstić information content (AvgIpc) is 3.07. The van der Waals surface area contributed by atoms with Crippen LogP contribution in [0, 0.1) is 55.2 Å². The summed E-state index contributed by atoms with van der Waals surface area (Å²) < 4.78 is 18.1. The molecule has 49 heavy (non-hydrogen) atoms. The number of carboxylic acids is 2. The van der Waals surface area contributed by atoms with Gasteiger partial charge in [0.25, 0.3) is 0 Å². The fourth-order valence-corrected chi connectivity index (χ4v) is 8.53. The van der Waals surface area contributed by atoms with Crippen molar-refractivity contribution in [3.05, 3.63) is 20.2 Å². The van der Waals surface area contributed by atoms with Gasteiger partial charge < -0.3 is 24.4 Å². The fraction of sp³-hybridized carbons (Fsp3) is 0.909.